The van der Waals surface area contributed by atoms with Crippen molar-refractivity contribution in [2.75, 3.05) is 38.6 Å². The molecule has 28 heavy (non-hydrogen) atoms. The molecule has 0 atom stereocenters. The van der Waals surface area contributed by atoms with Gasteiger partial charge in [0.05, 0.1) is 18.2 Å². The lowest BCUT2D eigenvalue weighted by Crippen LogP contribution is -2.41. The minimum absolute atomic E-state index is 0.0416. The minimum atomic E-state index is -0.321. The molecule has 0 spiro atoms. The van der Waals surface area contributed by atoms with Gasteiger partial charge < -0.3 is 19.9 Å². The van der Waals surface area contributed by atoms with Gasteiger partial charge in [-0.05, 0) is 26.8 Å². The number of hydrogen-bond acceptors (Lipinski definition) is 8. The second-order valence-electron chi connectivity index (χ2n) is 7.01. The highest BCUT2D eigenvalue weighted by molar-refractivity contribution is 7.15. The van der Waals surface area contributed by atoms with Gasteiger partial charge in [0, 0.05) is 43.7 Å². The molecule has 9 heteroatoms. The Hall–Kier alpha value is -2.44. The van der Waals surface area contributed by atoms with Crippen LogP contribution in [0.1, 0.15) is 30.3 Å². The number of nitrogens with zero attached hydrogens (tertiary/aromatic N) is 4. The van der Waals surface area contributed by atoms with E-state index in [2.05, 4.69) is 22.2 Å². The standard InChI is InChI=1S/C19H25N5O3S/c1-3-27-18(26)13-4-8-24(9-5-13)17(25)14(10-20)11-21-19-22-15-6-7-23(2)12-16(15)28-19/h11,13H,3-9,12H2,1-2H3,(H,21,22)/b14-11-. The first-order valence-electron chi connectivity index (χ1n) is 9.51. The number of carbonyl (C=O) groups is 2. The summed E-state index contributed by atoms with van der Waals surface area (Å²) in [4.78, 5) is 34.1. The van der Waals surface area contributed by atoms with Gasteiger partial charge in [0.1, 0.15) is 11.6 Å². The first-order chi connectivity index (χ1) is 13.5. The molecule has 0 radical (unpaired) electrons. The number of aromatic nitrogens is 1. The lowest BCUT2D eigenvalue weighted by atomic mass is 9.96. The average Bonchev–Trinajstić information content (AvgIpc) is 3.10. The zero-order valence-corrected chi connectivity index (χ0v) is 17.0. The number of hydrogen-bond donors (Lipinski definition) is 1. The van der Waals surface area contributed by atoms with Crippen LogP contribution in [0.2, 0.25) is 0 Å². The molecule has 3 heterocycles. The number of esters is 1. The van der Waals surface area contributed by atoms with Crippen LogP contribution < -0.4 is 5.32 Å². The Morgan fingerprint density at radius 3 is 2.82 bits per heavy atom. The van der Waals surface area contributed by atoms with E-state index in [4.69, 9.17) is 4.74 Å². The highest BCUT2D eigenvalue weighted by Crippen LogP contribution is 2.28. The van der Waals surface area contributed by atoms with Crippen LogP contribution in [0.4, 0.5) is 5.13 Å². The number of anilines is 1. The number of carbonyl (C=O) groups excluding carboxylic acids is 2. The van der Waals surface area contributed by atoms with Crippen LogP contribution in [0.3, 0.4) is 0 Å². The molecule has 1 amide bonds. The van der Waals surface area contributed by atoms with Gasteiger partial charge in [-0.25, -0.2) is 4.98 Å². The molecule has 2 aliphatic rings. The topological polar surface area (TPSA) is 98.6 Å². The lowest BCUT2D eigenvalue weighted by molar-refractivity contribution is -0.150. The van der Waals surface area contributed by atoms with E-state index in [0.29, 0.717) is 37.7 Å². The largest absolute Gasteiger partial charge is 0.466 e. The molecule has 150 valence electrons. The first-order valence-corrected chi connectivity index (χ1v) is 10.3. The van der Waals surface area contributed by atoms with E-state index >= 15 is 0 Å². The van der Waals surface area contributed by atoms with E-state index in [9.17, 15) is 14.9 Å². The van der Waals surface area contributed by atoms with Crippen LogP contribution in [0.15, 0.2) is 11.8 Å². The van der Waals surface area contributed by atoms with Crippen molar-refractivity contribution in [1.29, 1.82) is 5.26 Å². The van der Waals surface area contributed by atoms with Gasteiger partial charge in [0.25, 0.3) is 5.91 Å². The molecule has 3 rings (SSSR count). The molecule has 0 unspecified atom stereocenters. The van der Waals surface area contributed by atoms with Gasteiger partial charge in [0.15, 0.2) is 5.13 Å². The molecule has 8 nitrogen and oxygen atoms in total. The summed E-state index contributed by atoms with van der Waals surface area (Å²) < 4.78 is 5.05. The molecule has 1 aromatic rings. The summed E-state index contributed by atoms with van der Waals surface area (Å²) in [6.45, 7) is 4.89. The first kappa shape index (κ1) is 20.3. The summed E-state index contributed by atoms with van der Waals surface area (Å²) in [5.41, 5.74) is 1.13. The smallest absolute Gasteiger partial charge is 0.309 e. The number of rotatable bonds is 5. The molecule has 1 aromatic heterocycles. The number of nitriles is 1. The van der Waals surface area contributed by atoms with Crippen molar-refractivity contribution >= 4 is 28.3 Å². The van der Waals surface area contributed by atoms with E-state index in [-0.39, 0.29) is 23.4 Å². The number of piperidine rings is 1. The van der Waals surface area contributed by atoms with Crippen LogP contribution in [0.25, 0.3) is 0 Å². The molecule has 0 aromatic carbocycles. The second-order valence-corrected chi connectivity index (χ2v) is 8.09. The number of thiazole rings is 1. The van der Waals surface area contributed by atoms with Gasteiger partial charge in [-0.2, -0.15) is 5.26 Å². The maximum absolute atomic E-state index is 12.6. The fraction of sp³-hybridized carbons (Fsp3) is 0.579. The summed E-state index contributed by atoms with van der Waals surface area (Å²) in [7, 11) is 2.08. The number of nitrogens with one attached hydrogen (secondary N) is 1. The molecular weight excluding hydrogens is 378 g/mol. The second kappa shape index (κ2) is 9.17. The number of fused-ring (bicyclic) bond motifs is 1. The molecule has 0 bridgehead atoms. The number of amides is 1. The molecule has 1 N–H and O–H groups in total. The third kappa shape index (κ3) is 4.69. The van der Waals surface area contributed by atoms with Crippen LogP contribution >= 0.6 is 11.3 Å². The Morgan fingerprint density at radius 1 is 1.39 bits per heavy atom. The molecule has 2 aliphatic heterocycles. The van der Waals surface area contributed by atoms with Gasteiger partial charge in [-0.3, -0.25) is 9.59 Å². The number of likely N-dealkylation sites (tertiary alicyclic amines) is 1. The number of likely N-dealkylation sites (N-methyl/N-ethyl adjacent to an activating group) is 1. The summed E-state index contributed by atoms with van der Waals surface area (Å²) in [6, 6.07) is 1.98. The van der Waals surface area contributed by atoms with Crippen molar-refractivity contribution in [3.8, 4) is 6.07 Å². The highest BCUT2D eigenvalue weighted by atomic mass is 32.1. The maximum Gasteiger partial charge on any atom is 0.309 e. The third-order valence-electron chi connectivity index (χ3n) is 5.02. The molecule has 0 aliphatic carbocycles. The predicted molar refractivity (Wildman–Crippen MR) is 105 cm³/mol. The van der Waals surface area contributed by atoms with E-state index in [1.54, 1.807) is 23.2 Å². The monoisotopic (exact) mass is 403 g/mol. The van der Waals surface area contributed by atoms with Crippen molar-refractivity contribution in [3.63, 3.8) is 0 Å². The van der Waals surface area contributed by atoms with Crippen LogP contribution in [0.5, 0.6) is 0 Å². The van der Waals surface area contributed by atoms with Crippen LogP contribution in [-0.4, -0.2) is 59.9 Å². The quantitative estimate of drug-likeness (QED) is 0.454. The molecular formula is C19H25N5O3S. The zero-order valence-electron chi connectivity index (χ0n) is 16.2. The molecule has 1 saturated heterocycles. The Balaban J connectivity index is 1.58. The summed E-state index contributed by atoms with van der Waals surface area (Å²) in [5.74, 6) is -0.694. The van der Waals surface area contributed by atoms with E-state index < -0.39 is 0 Å². The number of ether oxygens (including phenoxy) is 1. The van der Waals surface area contributed by atoms with Gasteiger partial charge in [-0.15, -0.1) is 11.3 Å². The SMILES string of the molecule is CCOC(=O)C1CCN(C(=O)/C(C#N)=C\Nc2nc3c(s2)CN(C)CC3)CC1. The highest BCUT2D eigenvalue weighted by Gasteiger charge is 2.29. The van der Waals surface area contributed by atoms with Gasteiger partial charge in [0.2, 0.25) is 0 Å². The average molecular weight is 404 g/mol. The Bertz CT molecular complexity index is 805. The molecule has 0 saturated carbocycles. The fourth-order valence-corrected chi connectivity index (χ4v) is 4.47. The van der Waals surface area contributed by atoms with Crippen molar-refractivity contribution in [1.82, 2.24) is 14.8 Å². The van der Waals surface area contributed by atoms with Gasteiger partial charge >= 0.3 is 5.97 Å². The van der Waals surface area contributed by atoms with Crippen molar-refractivity contribution in [2.45, 2.75) is 32.7 Å². The Labute approximate surface area is 168 Å². The zero-order chi connectivity index (χ0) is 20.1. The van der Waals surface area contributed by atoms with Crippen molar-refractivity contribution < 1.29 is 14.3 Å². The maximum atomic E-state index is 12.6. The Morgan fingerprint density at radius 2 is 2.14 bits per heavy atom. The summed E-state index contributed by atoms with van der Waals surface area (Å²) in [5, 5.41) is 13.1. The van der Waals surface area contributed by atoms with Crippen molar-refractivity contribution in [3.05, 3.63) is 22.3 Å². The fourth-order valence-electron chi connectivity index (χ4n) is 3.41. The van der Waals surface area contributed by atoms with E-state index in [0.717, 1.165) is 25.2 Å². The Kier molecular flexibility index (Phi) is 6.65. The third-order valence-corrected chi connectivity index (χ3v) is 6.03. The lowest BCUT2D eigenvalue weighted by Gasteiger charge is -2.30. The van der Waals surface area contributed by atoms with E-state index in [1.807, 2.05) is 6.07 Å². The predicted octanol–water partition coefficient (Wildman–Crippen LogP) is 1.75. The van der Waals surface area contributed by atoms with Gasteiger partial charge in [-0.1, -0.05) is 0 Å². The van der Waals surface area contributed by atoms with Crippen molar-refractivity contribution in [2.24, 2.45) is 5.92 Å². The molecule has 1 fully saturated rings. The van der Waals surface area contributed by atoms with Crippen LogP contribution in [-0.2, 0) is 27.3 Å². The normalized spacial score (nSPS) is 18.3. The van der Waals surface area contributed by atoms with E-state index in [1.165, 1.54) is 11.1 Å². The summed E-state index contributed by atoms with van der Waals surface area (Å²) >= 11 is 1.55. The van der Waals surface area contributed by atoms with Crippen LogP contribution in [0, 0.1) is 17.2 Å². The minimum Gasteiger partial charge on any atom is -0.466 e. The summed E-state index contributed by atoms with van der Waals surface area (Å²) in [6.07, 6.45) is 3.47.